The molecule has 0 atom stereocenters. The van der Waals surface area contributed by atoms with Crippen LogP contribution in [0.25, 0.3) is 0 Å². The van der Waals surface area contributed by atoms with Gasteiger partial charge in [-0.05, 0) is 5.92 Å². The fourth-order valence-corrected chi connectivity index (χ4v) is 2.62. The van der Waals surface area contributed by atoms with E-state index in [0.29, 0.717) is 10.9 Å². The molecule has 0 bridgehead atoms. The summed E-state index contributed by atoms with van der Waals surface area (Å²) in [6.45, 7) is 11.0. The van der Waals surface area contributed by atoms with E-state index in [9.17, 15) is 0 Å². The van der Waals surface area contributed by atoms with Crippen LogP contribution in [0, 0.1) is 5.92 Å². The van der Waals surface area contributed by atoms with Crippen molar-refractivity contribution in [3.05, 3.63) is 12.2 Å². The lowest BCUT2D eigenvalue weighted by Crippen LogP contribution is -2.48. The first kappa shape index (κ1) is 15.3. The summed E-state index contributed by atoms with van der Waals surface area (Å²) >= 11 is 4.96. The monoisotopic (exact) mass is 296 g/mol. The van der Waals surface area contributed by atoms with E-state index in [2.05, 4.69) is 33.7 Å². The van der Waals surface area contributed by atoms with E-state index in [1.54, 1.807) is 6.33 Å². The smallest absolute Gasteiger partial charge is 0.141 e. The second-order valence-electron chi connectivity index (χ2n) is 5.77. The van der Waals surface area contributed by atoms with E-state index >= 15 is 0 Å². The zero-order valence-corrected chi connectivity index (χ0v) is 13.1. The molecule has 0 amide bonds. The van der Waals surface area contributed by atoms with Crippen molar-refractivity contribution in [1.82, 2.24) is 24.6 Å². The van der Waals surface area contributed by atoms with E-state index in [4.69, 9.17) is 18.0 Å². The molecule has 0 spiro atoms. The Morgan fingerprint density at radius 1 is 1.30 bits per heavy atom. The molecule has 112 valence electrons. The third-order valence-corrected chi connectivity index (χ3v) is 3.57. The number of hydrogen-bond acceptors (Lipinski definition) is 5. The maximum absolute atomic E-state index is 5.59. The standard InChI is InChI=1S/C13H24N6S/c1-11(2)7-19-13(15-10-16-19)9-18-5-3-17(4-6-18)8-12(14)20/h10-11H,3-9H2,1-2H3,(H2,14,20). The molecule has 2 rings (SSSR count). The third-order valence-electron chi connectivity index (χ3n) is 3.44. The molecule has 2 heterocycles. The minimum absolute atomic E-state index is 0.579. The molecule has 1 aromatic rings. The van der Waals surface area contributed by atoms with E-state index < -0.39 is 0 Å². The van der Waals surface area contributed by atoms with Crippen molar-refractivity contribution in [2.45, 2.75) is 26.9 Å². The fourth-order valence-electron chi connectivity index (χ4n) is 2.43. The second-order valence-corrected chi connectivity index (χ2v) is 6.30. The maximum atomic E-state index is 5.59. The largest absolute Gasteiger partial charge is 0.392 e. The van der Waals surface area contributed by atoms with Gasteiger partial charge in [0.2, 0.25) is 0 Å². The Hall–Kier alpha value is -1.05. The first-order valence-electron chi connectivity index (χ1n) is 7.14. The van der Waals surface area contributed by atoms with Crippen LogP contribution >= 0.6 is 12.2 Å². The lowest BCUT2D eigenvalue weighted by molar-refractivity contribution is 0.135. The average Bonchev–Trinajstić information content (AvgIpc) is 2.78. The van der Waals surface area contributed by atoms with Crippen molar-refractivity contribution in [3.8, 4) is 0 Å². The zero-order chi connectivity index (χ0) is 14.5. The molecule has 1 aliphatic rings. The normalized spacial score (nSPS) is 17.8. The van der Waals surface area contributed by atoms with Gasteiger partial charge in [0.05, 0.1) is 11.5 Å². The highest BCUT2D eigenvalue weighted by Crippen LogP contribution is 2.08. The number of piperazine rings is 1. The van der Waals surface area contributed by atoms with Gasteiger partial charge in [-0.3, -0.25) is 9.80 Å². The summed E-state index contributed by atoms with van der Waals surface area (Å²) in [5.74, 6) is 1.64. The average molecular weight is 296 g/mol. The lowest BCUT2D eigenvalue weighted by atomic mass is 10.2. The summed E-state index contributed by atoms with van der Waals surface area (Å²) in [5.41, 5.74) is 5.59. The molecule has 6 nitrogen and oxygen atoms in total. The summed E-state index contributed by atoms with van der Waals surface area (Å²) < 4.78 is 2.02. The summed E-state index contributed by atoms with van der Waals surface area (Å²) in [6.07, 6.45) is 1.65. The van der Waals surface area contributed by atoms with Gasteiger partial charge in [-0.25, -0.2) is 9.67 Å². The number of rotatable bonds is 6. The Morgan fingerprint density at radius 2 is 1.95 bits per heavy atom. The van der Waals surface area contributed by atoms with Crippen molar-refractivity contribution < 1.29 is 0 Å². The predicted octanol–water partition coefficient (Wildman–Crippen LogP) is 0.338. The summed E-state index contributed by atoms with van der Waals surface area (Å²) in [7, 11) is 0. The van der Waals surface area contributed by atoms with E-state index in [1.165, 1.54) is 0 Å². The van der Waals surface area contributed by atoms with Crippen LogP contribution < -0.4 is 5.73 Å². The first-order chi connectivity index (χ1) is 9.54. The molecule has 0 aliphatic carbocycles. The first-order valence-corrected chi connectivity index (χ1v) is 7.55. The van der Waals surface area contributed by atoms with Crippen molar-refractivity contribution >= 4 is 17.2 Å². The quantitative estimate of drug-likeness (QED) is 0.764. The SMILES string of the molecule is CC(C)Cn1ncnc1CN1CCN(CC(N)=S)CC1. The van der Waals surface area contributed by atoms with Gasteiger partial charge in [0.1, 0.15) is 12.2 Å². The van der Waals surface area contributed by atoms with Gasteiger partial charge in [0.25, 0.3) is 0 Å². The Balaban J connectivity index is 1.83. The maximum Gasteiger partial charge on any atom is 0.141 e. The van der Waals surface area contributed by atoms with Gasteiger partial charge in [-0.15, -0.1) is 0 Å². The van der Waals surface area contributed by atoms with Crippen molar-refractivity contribution in [1.29, 1.82) is 0 Å². The molecule has 0 unspecified atom stereocenters. The van der Waals surface area contributed by atoms with Crippen LogP contribution in [0.1, 0.15) is 19.7 Å². The molecular formula is C13H24N6S. The lowest BCUT2D eigenvalue weighted by Gasteiger charge is -2.34. The molecule has 20 heavy (non-hydrogen) atoms. The van der Waals surface area contributed by atoms with Gasteiger partial charge in [0.15, 0.2) is 0 Å². The molecule has 1 saturated heterocycles. The van der Waals surface area contributed by atoms with E-state index in [0.717, 1.165) is 51.6 Å². The predicted molar refractivity (Wildman–Crippen MR) is 83.4 cm³/mol. The number of nitrogens with two attached hydrogens (primary N) is 1. The fraction of sp³-hybridized carbons (Fsp3) is 0.769. The second kappa shape index (κ2) is 7.10. The Bertz CT molecular complexity index is 436. The highest BCUT2D eigenvalue weighted by Gasteiger charge is 2.19. The molecule has 0 aromatic carbocycles. The minimum atomic E-state index is 0.579. The van der Waals surface area contributed by atoms with Gasteiger partial charge in [-0.1, -0.05) is 26.1 Å². The highest BCUT2D eigenvalue weighted by molar-refractivity contribution is 7.80. The van der Waals surface area contributed by atoms with Gasteiger partial charge < -0.3 is 5.73 Å². The number of nitrogens with zero attached hydrogens (tertiary/aromatic N) is 5. The molecule has 1 aromatic heterocycles. The Kier molecular flexibility index (Phi) is 5.45. The topological polar surface area (TPSA) is 63.2 Å². The summed E-state index contributed by atoms with van der Waals surface area (Å²) in [6, 6.07) is 0. The number of aromatic nitrogens is 3. The molecule has 1 aliphatic heterocycles. The van der Waals surface area contributed by atoms with Gasteiger partial charge in [0, 0.05) is 39.3 Å². The van der Waals surface area contributed by atoms with Crippen molar-refractivity contribution in [3.63, 3.8) is 0 Å². The summed E-state index contributed by atoms with van der Waals surface area (Å²) in [5, 5.41) is 4.31. The number of hydrogen-bond donors (Lipinski definition) is 1. The Morgan fingerprint density at radius 3 is 2.55 bits per heavy atom. The van der Waals surface area contributed by atoms with E-state index in [-0.39, 0.29) is 0 Å². The van der Waals surface area contributed by atoms with Crippen LogP contribution in [-0.4, -0.2) is 62.3 Å². The van der Waals surface area contributed by atoms with Crippen LogP contribution in [0.5, 0.6) is 0 Å². The number of thiocarbonyl (C=S) groups is 1. The van der Waals surface area contributed by atoms with Crippen LogP contribution in [-0.2, 0) is 13.1 Å². The molecule has 7 heteroatoms. The van der Waals surface area contributed by atoms with Crippen molar-refractivity contribution in [2.24, 2.45) is 11.7 Å². The third kappa shape index (κ3) is 4.50. The van der Waals surface area contributed by atoms with E-state index in [1.807, 2.05) is 4.68 Å². The van der Waals surface area contributed by atoms with Crippen LogP contribution in [0.15, 0.2) is 6.33 Å². The van der Waals surface area contributed by atoms with Gasteiger partial charge >= 0.3 is 0 Å². The highest BCUT2D eigenvalue weighted by atomic mass is 32.1. The summed E-state index contributed by atoms with van der Waals surface area (Å²) in [4.78, 5) is 9.68. The molecule has 0 radical (unpaired) electrons. The van der Waals surface area contributed by atoms with Crippen LogP contribution in [0.4, 0.5) is 0 Å². The zero-order valence-electron chi connectivity index (χ0n) is 12.3. The molecule has 0 saturated carbocycles. The molecule has 2 N–H and O–H groups in total. The molecular weight excluding hydrogens is 272 g/mol. The molecule has 1 fully saturated rings. The van der Waals surface area contributed by atoms with Crippen molar-refractivity contribution in [2.75, 3.05) is 32.7 Å². The van der Waals surface area contributed by atoms with Crippen LogP contribution in [0.3, 0.4) is 0 Å². The van der Waals surface area contributed by atoms with Crippen LogP contribution in [0.2, 0.25) is 0 Å². The van der Waals surface area contributed by atoms with Gasteiger partial charge in [-0.2, -0.15) is 5.10 Å². The Labute approximate surface area is 125 Å². The minimum Gasteiger partial charge on any atom is -0.392 e.